The maximum absolute atomic E-state index is 13.2. The number of hydrogen-bond acceptors (Lipinski definition) is 4. The predicted molar refractivity (Wildman–Crippen MR) is 116 cm³/mol. The molecule has 2 aromatic carbocycles. The number of aromatic nitrogens is 1. The molecule has 1 fully saturated rings. The Morgan fingerprint density at radius 2 is 1.85 bits per heavy atom. The SMILES string of the molecule is CC1c2[nH]c3ccc(Cl)cc3c2CCN1C1CC(=O)N(c2ccc(OC(F)(F)F)cc2)C1=O. The zero-order valence-corrected chi connectivity index (χ0v) is 18.2. The molecule has 3 aromatic rings. The maximum Gasteiger partial charge on any atom is 0.573 e. The molecule has 0 saturated carbocycles. The Kier molecular flexibility index (Phi) is 5.13. The van der Waals surface area contributed by atoms with Crippen LogP contribution in [0.15, 0.2) is 42.5 Å². The largest absolute Gasteiger partial charge is 0.573 e. The molecule has 33 heavy (non-hydrogen) atoms. The first-order chi connectivity index (χ1) is 15.6. The number of alkyl halides is 3. The fraction of sp³-hybridized carbons (Fsp3) is 0.304. The average Bonchev–Trinajstić information content (AvgIpc) is 3.25. The number of nitrogens with zero attached hydrogens (tertiary/aromatic N) is 2. The van der Waals surface area contributed by atoms with Gasteiger partial charge < -0.3 is 9.72 Å². The van der Waals surface area contributed by atoms with Gasteiger partial charge in [0.15, 0.2) is 0 Å². The Morgan fingerprint density at radius 1 is 1.12 bits per heavy atom. The quantitative estimate of drug-likeness (QED) is 0.541. The molecule has 2 amide bonds. The lowest BCUT2D eigenvalue weighted by Crippen LogP contribution is -2.46. The van der Waals surface area contributed by atoms with Crippen molar-refractivity contribution in [3.05, 3.63) is 58.7 Å². The van der Waals surface area contributed by atoms with Crippen molar-refractivity contribution in [1.29, 1.82) is 0 Å². The number of carbonyl (C=O) groups excluding carboxylic acids is 2. The molecular weight excluding hydrogens is 459 g/mol. The van der Waals surface area contributed by atoms with Crippen LogP contribution in [0.3, 0.4) is 0 Å². The van der Waals surface area contributed by atoms with Crippen LogP contribution in [0, 0.1) is 0 Å². The highest BCUT2D eigenvalue weighted by Gasteiger charge is 2.45. The molecule has 1 aromatic heterocycles. The number of aromatic amines is 1. The number of fused-ring (bicyclic) bond motifs is 3. The minimum atomic E-state index is -4.82. The number of anilines is 1. The summed E-state index contributed by atoms with van der Waals surface area (Å²) in [4.78, 5) is 32.4. The normalized spacial score (nSPS) is 21.7. The second-order valence-corrected chi connectivity index (χ2v) is 8.64. The number of benzene rings is 2. The lowest BCUT2D eigenvalue weighted by Gasteiger charge is -2.36. The summed E-state index contributed by atoms with van der Waals surface area (Å²) in [5.74, 6) is -1.20. The number of halogens is 4. The molecule has 10 heteroatoms. The number of amides is 2. The van der Waals surface area contributed by atoms with Gasteiger partial charge in [-0.15, -0.1) is 13.2 Å². The Hall–Kier alpha value is -3.04. The fourth-order valence-electron chi connectivity index (χ4n) is 4.84. The van der Waals surface area contributed by atoms with Crippen molar-refractivity contribution in [2.24, 2.45) is 0 Å². The van der Waals surface area contributed by atoms with Crippen molar-refractivity contribution in [3.63, 3.8) is 0 Å². The van der Waals surface area contributed by atoms with Crippen LogP contribution < -0.4 is 9.64 Å². The number of imide groups is 1. The van der Waals surface area contributed by atoms with Gasteiger partial charge in [-0.05, 0) is 61.4 Å². The van der Waals surface area contributed by atoms with Crippen molar-refractivity contribution < 1.29 is 27.5 Å². The van der Waals surface area contributed by atoms with Gasteiger partial charge in [-0.3, -0.25) is 14.5 Å². The van der Waals surface area contributed by atoms with E-state index in [2.05, 4.69) is 9.72 Å². The van der Waals surface area contributed by atoms with Gasteiger partial charge in [-0.25, -0.2) is 4.90 Å². The molecule has 172 valence electrons. The van der Waals surface area contributed by atoms with Gasteiger partial charge in [-0.2, -0.15) is 0 Å². The highest BCUT2D eigenvalue weighted by molar-refractivity contribution is 6.31. The summed E-state index contributed by atoms with van der Waals surface area (Å²) < 4.78 is 41.1. The Morgan fingerprint density at radius 3 is 2.55 bits per heavy atom. The van der Waals surface area contributed by atoms with Crippen molar-refractivity contribution in [3.8, 4) is 5.75 Å². The fourth-order valence-corrected chi connectivity index (χ4v) is 5.01. The van der Waals surface area contributed by atoms with E-state index < -0.39 is 24.1 Å². The van der Waals surface area contributed by atoms with E-state index in [4.69, 9.17) is 11.6 Å². The molecule has 0 radical (unpaired) electrons. The lowest BCUT2D eigenvalue weighted by atomic mass is 9.96. The minimum absolute atomic E-state index is 0.00532. The smallest absolute Gasteiger partial charge is 0.406 e. The molecule has 0 spiro atoms. The first-order valence-electron chi connectivity index (χ1n) is 10.4. The average molecular weight is 478 g/mol. The van der Waals surface area contributed by atoms with Gasteiger partial charge in [0.1, 0.15) is 5.75 Å². The number of ether oxygens (including phenoxy) is 1. The van der Waals surface area contributed by atoms with E-state index in [0.717, 1.165) is 39.2 Å². The molecule has 3 heterocycles. The van der Waals surface area contributed by atoms with Crippen LogP contribution in [0.5, 0.6) is 5.75 Å². The van der Waals surface area contributed by atoms with Gasteiger partial charge in [0.2, 0.25) is 5.91 Å². The van der Waals surface area contributed by atoms with Crippen molar-refractivity contribution >= 4 is 40.0 Å². The molecule has 1 saturated heterocycles. The maximum atomic E-state index is 13.2. The first kappa shape index (κ1) is 21.8. The van der Waals surface area contributed by atoms with E-state index in [-0.39, 0.29) is 24.1 Å². The molecule has 2 aliphatic rings. The third kappa shape index (κ3) is 3.85. The Balaban J connectivity index is 1.38. The minimum Gasteiger partial charge on any atom is -0.406 e. The molecule has 6 nitrogen and oxygen atoms in total. The van der Waals surface area contributed by atoms with E-state index in [1.807, 2.05) is 30.0 Å². The second-order valence-electron chi connectivity index (χ2n) is 8.20. The number of H-pyrrole nitrogens is 1. The molecule has 5 rings (SSSR count). The molecule has 0 aliphatic carbocycles. The van der Waals surface area contributed by atoms with E-state index in [0.29, 0.717) is 18.0 Å². The lowest BCUT2D eigenvalue weighted by molar-refractivity contribution is -0.274. The molecule has 2 aliphatic heterocycles. The van der Waals surface area contributed by atoms with Gasteiger partial charge in [0.25, 0.3) is 5.91 Å². The van der Waals surface area contributed by atoms with Crippen LogP contribution in [-0.4, -0.2) is 40.6 Å². The summed E-state index contributed by atoms with van der Waals surface area (Å²) in [6, 6.07) is 9.60. The van der Waals surface area contributed by atoms with Gasteiger partial charge in [0.05, 0.1) is 18.2 Å². The van der Waals surface area contributed by atoms with Gasteiger partial charge >= 0.3 is 6.36 Å². The zero-order chi connectivity index (χ0) is 23.5. The third-order valence-electron chi connectivity index (χ3n) is 6.29. The van der Waals surface area contributed by atoms with Crippen molar-refractivity contribution in [1.82, 2.24) is 9.88 Å². The Bertz CT molecular complexity index is 1260. The zero-order valence-electron chi connectivity index (χ0n) is 17.4. The number of nitrogens with one attached hydrogen (secondary N) is 1. The molecule has 2 atom stereocenters. The summed E-state index contributed by atoms with van der Waals surface area (Å²) >= 11 is 6.16. The molecule has 0 bridgehead atoms. The second kappa shape index (κ2) is 7.78. The Labute approximate surface area is 191 Å². The van der Waals surface area contributed by atoms with Crippen LogP contribution in [0.4, 0.5) is 18.9 Å². The summed E-state index contributed by atoms with van der Waals surface area (Å²) in [7, 11) is 0. The van der Waals surface area contributed by atoms with Crippen molar-refractivity contribution in [2.75, 3.05) is 11.4 Å². The third-order valence-corrected chi connectivity index (χ3v) is 6.52. The first-order valence-corrected chi connectivity index (χ1v) is 10.8. The van der Waals surface area contributed by atoms with Crippen LogP contribution >= 0.6 is 11.6 Å². The van der Waals surface area contributed by atoms with Crippen LogP contribution in [0.2, 0.25) is 5.02 Å². The van der Waals surface area contributed by atoms with Gasteiger partial charge in [0, 0.05) is 34.2 Å². The number of rotatable bonds is 3. The van der Waals surface area contributed by atoms with Gasteiger partial charge in [-0.1, -0.05) is 11.6 Å². The molecule has 2 unspecified atom stereocenters. The highest BCUT2D eigenvalue weighted by Crippen LogP contribution is 2.39. The summed E-state index contributed by atoms with van der Waals surface area (Å²) in [5, 5.41) is 1.71. The number of carbonyl (C=O) groups is 2. The molecular formula is C23H19ClF3N3O3. The van der Waals surface area contributed by atoms with Crippen LogP contribution in [-0.2, 0) is 16.0 Å². The van der Waals surface area contributed by atoms with Crippen LogP contribution in [0.25, 0.3) is 10.9 Å². The van der Waals surface area contributed by atoms with E-state index >= 15 is 0 Å². The van der Waals surface area contributed by atoms with E-state index in [9.17, 15) is 22.8 Å². The standard InChI is InChI=1S/C23H19ClF3N3O3/c1-12-21-16(17-10-13(24)2-7-18(17)28-21)8-9-29(12)19-11-20(31)30(22(19)32)14-3-5-15(6-4-14)33-23(25,26)27/h2-7,10,12,19,28H,8-9,11H2,1H3. The highest BCUT2D eigenvalue weighted by atomic mass is 35.5. The molecule has 1 N–H and O–H groups in total. The van der Waals surface area contributed by atoms with E-state index in [1.165, 1.54) is 12.1 Å². The summed E-state index contributed by atoms with van der Waals surface area (Å²) in [6.07, 6.45) is -4.12. The summed E-state index contributed by atoms with van der Waals surface area (Å²) in [5.41, 5.74) is 3.33. The predicted octanol–water partition coefficient (Wildman–Crippen LogP) is 4.97. The monoisotopic (exact) mass is 477 g/mol. The number of hydrogen-bond donors (Lipinski definition) is 1. The van der Waals surface area contributed by atoms with Crippen LogP contribution in [0.1, 0.15) is 30.6 Å². The summed E-state index contributed by atoms with van der Waals surface area (Å²) in [6.45, 7) is 2.57. The topological polar surface area (TPSA) is 65.6 Å². The van der Waals surface area contributed by atoms with Crippen molar-refractivity contribution in [2.45, 2.75) is 38.2 Å². The van der Waals surface area contributed by atoms with E-state index in [1.54, 1.807) is 0 Å².